The van der Waals surface area contributed by atoms with Crippen LogP contribution < -0.4 is 10.2 Å². The molecule has 2 fully saturated rings. The Hall–Kier alpha value is -4.51. The van der Waals surface area contributed by atoms with Gasteiger partial charge in [0.25, 0.3) is 5.91 Å². The maximum absolute atomic E-state index is 14.0. The molecule has 10 nitrogen and oxygen atoms in total. The third-order valence-electron chi connectivity index (χ3n) is 7.91. The molecule has 2 aliphatic rings. The molecule has 1 atom stereocenters. The normalized spacial score (nSPS) is 18.1. The van der Waals surface area contributed by atoms with Crippen molar-refractivity contribution in [1.29, 1.82) is 0 Å². The zero-order valence-corrected chi connectivity index (χ0v) is 25.0. The fourth-order valence-corrected chi connectivity index (χ4v) is 5.42. The summed E-state index contributed by atoms with van der Waals surface area (Å²) in [7, 11) is 2.00. The maximum atomic E-state index is 14.0. The highest BCUT2D eigenvalue weighted by atomic mass is 19.4. The van der Waals surface area contributed by atoms with E-state index in [1.165, 1.54) is 24.5 Å². The minimum atomic E-state index is -4.56. The lowest BCUT2D eigenvalue weighted by Crippen LogP contribution is -2.44. The van der Waals surface area contributed by atoms with E-state index in [0.29, 0.717) is 36.6 Å². The van der Waals surface area contributed by atoms with Crippen LogP contribution in [0, 0.1) is 11.8 Å². The molecule has 4 aromatic rings. The number of imidazole rings is 1. The van der Waals surface area contributed by atoms with Crippen LogP contribution in [0.2, 0.25) is 0 Å². The first-order valence-electron chi connectivity index (χ1n) is 14.7. The summed E-state index contributed by atoms with van der Waals surface area (Å²) in [6.07, 6.45) is 0.0204. The predicted octanol–water partition coefficient (Wildman–Crippen LogP) is 3.77. The summed E-state index contributed by atoms with van der Waals surface area (Å²) in [5.41, 5.74) is 1.28. The molecule has 234 valence electrons. The van der Waals surface area contributed by atoms with E-state index in [4.69, 9.17) is 9.84 Å². The summed E-state index contributed by atoms with van der Waals surface area (Å²) >= 11 is 0. The zero-order valence-electron chi connectivity index (χ0n) is 25.0. The lowest BCUT2D eigenvalue weighted by Gasteiger charge is -2.33. The Kier molecular flexibility index (Phi) is 8.71. The molecular formula is C32H33F3N8O2. The van der Waals surface area contributed by atoms with Crippen LogP contribution in [0.15, 0.2) is 55.0 Å². The van der Waals surface area contributed by atoms with Gasteiger partial charge in [-0.3, -0.25) is 14.7 Å². The van der Waals surface area contributed by atoms with Gasteiger partial charge in [0.1, 0.15) is 11.5 Å². The van der Waals surface area contributed by atoms with E-state index in [0.717, 1.165) is 38.1 Å². The van der Waals surface area contributed by atoms with Crippen molar-refractivity contribution in [3.8, 4) is 11.8 Å². The summed E-state index contributed by atoms with van der Waals surface area (Å²) in [6.45, 7) is 7.30. The average Bonchev–Trinajstić information content (AvgIpc) is 3.43. The van der Waals surface area contributed by atoms with Gasteiger partial charge in [-0.2, -0.15) is 13.2 Å². The van der Waals surface area contributed by atoms with E-state index in [2.05, 4.69) is 36.9 Å². The van der Waals surface area contributed by atoms with Gasteiger partial charge in [-0.05, 0) is 55.8 Å². The number of nitrogens with one attached hydrogen (secondary N) is 1. The number of hydrogen-bond acceptors (Lipinski definition) is 8. The Balaban J connectivity index is 1.17. The number of carbonyl (C=O) groups excluding carboxylic acids is 1. The standard InChI is InChI=1S/C32H33F3N8O2/c1-22-20-42(13-14-45-22)30-8-7-29-37-19-27(43(29)39-30)6-3-23-15-25(18-36-17-23)31(44)38-26-5-4-24(28(16-26)32(33,34)35)21-41-11-9-40(2)10-12-41/h4-5,7-8,15-19,22H,9-14,20-21H2,1-2H3,(H,38,44). The maximum Gasteiger partial charge on any atom is 0.416 e. The van der Waals surface area contributed by atoms with E-state index in [1.807, 2.05) is 31.0 Å². The second kappa shape index (κ2) is 12.8. The summed E-state index contributed by atoms with van der Waals surface area (Å²) in [4.78, 5) is 27.9. The second-order valence-electron chi connectivity index (χ2n) is 11.3. The minimum Gasteiger partial charge on any atom is -0.375 e. The lowest BCUT2D eigenvalue weighted by molar-refractivity contribution is -0.138. The molecule has 13 heteroatoms. The fourth-order valence-electron chi connectivity index (χ4n) is 5.42. The van der Waals surface area contributed by atoms with Crippen LogP contribution >= 0.6 is 0 Å². The van der Waals surface area contributed by atoms with Gasteiger partial charge in [0.2, 0.25) is 0 Å². The number of carbonyl (C=O) groups is 1. The van der Waals surface area contributed by atoms with Crippen LogP contribution in [0.4, 0.5) is 24.7 Å². The van der Waals surface area contributed by atoms with Crippen LogP contribution in [0.5, 0.6) is 0 Å². The summed E-state index contributed by atoms with van der Waals surface area (Å²) in [6, 6.07) is 9.26. The van der Waals surface area contributed by atoms with Crippen molar-refractivity contribution in [3.05, 3.63) is 82.9 Å². The van der Waals surface area contributed by atoms with Crippen molar-refractivity contribution < 1.29 is 22.7 Å². The summed E-state index contributed by atoms with van der Waals surface area (Å²) < 4.78 is 49.3. The number of halogens is 3. The zero-order chi connectivity index (χ0) is 31.6. The molecule has 0 bridgehead atoms. The van der Waals surface area contributed by atoms with E-state index in [1.54, 1.807) is 16.8 Å². The molecule has 1 amide bonds. The summed E-state index contributed by atoms with van der Waals surface area (Å²) in [5.74, 6) is 6.25. The molecule has 0 aliphatic carbocycles. The van der Waals surface area contributed by atoms with Crippen LogP contribution in [0.3, 0.4) is 0 Å². The van der Waals surface area contributed by atoms with Gasteiger partial charge in [0.05, 0.1) is 30.0 Å². The molecule has 5 heterocycles. The Labute approximate surface area is 258 Å². The number of nitrogens with zero attached hydrogens (tertiary/aromatic N) is 7. The van der Waals surface area contributed by atoms with E-state index in [9.17, 15) is 18.0 Å². The molecule has 1 aromatic carbocycles. The topological polar surface area (TPSA) is 91.1 Å². The van der Waals surface area contributed by atoms with Crippen molar-refractivity contribution in [2.24, 2.45) is 0 Å². The Morgan fingerprint density at radius 1 is 1.04 bits per heavy atom. The smallest absolute Gasteiger partial charge is 0.375 e. The number of fused-ring (bicyclic) bond motifs is 1. The molecule has 6 rings (SSSR count). The van der Waals surface area contributed by atoms with Crippen molar-refractivity contribution in [2.75, 3.05) is 63.1 Å². The van der Waals surface area contributed by atoms with E-state index >= 15 is 0 Å². The highest BCUT2D eigenvalue weighted by Gasteiger charge is 2.34. The van der Waals surface area contributed by atoms with Crippen molar-refractivity contribution >= 4 is 23.1 Å². The SMILES string of the molecule is CC1CN(c2ccc3ncc(C#Cc4cncc(C(=O)Nc5ccc(CN6CCN(C)CC6)c(C(F)(F)F)c5)c4)n3n2)CCO1. The number of morpholine rings is 1. The number of amides is 1. The molecule has 1 N–H and O–H groups in total. The number of benzene rings is 1. The summed E-state index contributed by atoms with van der Waals surface area (Å²) in [5, 5.41) is 7.31. The third kappa shape index (κ3) is 7.25. The Morgan fingerprint density at radius 2 is 1.87 bits per heavy atom. The minimum absolute atomic E-state index is 0.0493. The number of pyridine rings is 1. The number of hydrogen-bond donors (Lipinski definition) is 1. The molecule has 0 radical (unpaired) electrons. The van der Waals surface area contributed by atoms with Crippen molar-refractivity contribution in [3.63, 3.8) is 0 Å². The number of piperazine rings is 1. The molecule has 0 saturated carbocycles. The van der Waals surface area contributed by atoms with Gasteiger partial charge >= 0.3 is 6.18 Å². The second-order valence-corrected chi connectivity index (χ2v) is 11.3. The number of aromatic nitrogens is 4. The number of likely N-dealkylation sites (N-methyl/N-ethyl adjacent to an activating group) is 1. The average molecular weight is 619 g/mol. The highest BCUT2D eigenvalue weighted by Crippen LogP contribution is 2.34. The Bertz CT molecular complexity index is 1750. The molecule has 2 aliphatic heterocycles. The molecule has 2 saturated heterocycles. The van der Waals surface area contributed by atoms with Crippen molar-refractivity contribution in [1.82, 2.24) is 29.4 Å². The van der Waals surface area contributed by atoms with Crippen LogP contribution in [0.25, 0.3) is 5.65 Å². The van der Waals surface area contributed by atoms with Crippen molar-refractivity contribution in [2.45, 2.75) is 25.7 Å². The monoisotopic (exact) mass is 618 g/mol. The van der Waals surface area contributed by atoms with Gasteiger partial charge in [0, 0.05) is 69.5 Å². The van der Waals surface area contributed by atoms with Gasteiger partial charge in [-0.25, -0.2) is 9.50 Å². The number of ether oxygens (including phenoxy) is 1. The number of alkyl halides is 3. The van der Waals surface area contributed by atoms with Crippen LogP contribution in [0.1, 0.15) is 39.7 Å². The number of rotatable bonds is 5. The fraction of sp³-hybridized carbons (Fsp3) is 0.375. The first kappa shape index (κ1) is 30.5. The van der Waals surface area contributed by atoms with Gasteiger partial charge in [-0.1, -0.05) is 12.0 Å². The van der Waals surface area contributed by atoms with Crippen LogP contribution in [-0.4, -0.2) is 94.3 Å². The quantitative estimate of drug-likeness (QED) is 0.339. The highest BCUT2D eigenvalue weighted by molar-refractivity contribution is 6.04. The molecule has 3 aromatic heterocycles. The number of anilines is 2. The lowest BCUT2D eigenvalue weighted by atomic mass is 10.0. The Morgan fingerprint density at radius 3 is 2.64 bits per heavy atom. The molecule has 1 unspecified atom stereocenters. The van der Waals surface area contributed by atoms with Gasteiger partial charge < -0.3 is 19.9 Å². The predicted molar refractivity (Wildman–Crippen MR) is 163 cm³/mol. The van der Waals surface area contributed by atoms with Gasteiger partial charge in [-0.15, -0.1) is 5.10 Å². The molecule has 45 heavy (non-hydrogen) atoms. The van der Waals surface area contributed by atoms with Crippen LogP contribution in [-0.2, 0) is 17.5 Å². The molecular weight excluding hydrogens is 585 g/mol. The largest absolute Gasteiger partial charge is 0.416 e. The molecule has 0 spiro atoms. The first-order valence-corrected chi connectivity index (χ1v) is 14.7. The van der Waals surface area contributed by atoms with Gasteiger partial charge in [0.15, 0.2) is 5.65 Å². The third-order valence-corrected chi connectivity index (χ3v) is 7.91. The first-order chi connectivity index (χ1) is 21.6. The van der Waals surface area contributed by atoms with E-state index in [-0.39, 0.29) is 29.5 Å². The van der Waals surface area contributed by atoms with E-state index < -0.39 is 17.6 Å².